The zero-order chi connectivity index (χ0) is 13.3. The fraction of sp³-hybridized carbons (Fsp3) is 0.300. The number of amidine groups is 1. The average molecular weight is 348 g/mol. The Balaban J connectivity index is 2.22. The molecule has 1 aliphatic heterocycles. The third-order valence-electron chi connectivity index (χ3n) is 2.09. The van der Waals surface area contributed by atoms with Gasteiger partial charge in [-0.2, -0.15) is 0 Å². The summed E-state index contributed by atoms with van der Waals surface area (Å²) in [5.41, 5.74) is 0. The fourth-order valence-corrected chi connectivity index (χ4v) is 4.13. The Morgan fingerprint density at radius 2 is 2.17 bits per heavy atom. The summed E-state index contributed by atoms with van der Waals surface area (Å²) in [4.78, 5) is 23.6. The van der Waals surface area contributed by atoms with Gasteiger partial charge in [-0.15, -0.1) is 16.4 Å². The van der Waals surface area contributed by atoms with E-state index in [2.05, 4.69) is 26.3 Å². The van der Waals surface area contributed by atoms with Crippen LogP contribution in [0.1, 0.15) is 24.1 Å². The molecule has 1 N–H and O–H groups in total. The smallest absolute Gasteiger partial charge is 0.241 e. The van der Waals surface area contributed by atoms with Crippen molar-refractivity contribution in [2.75, 3.05) is 0 Å². The van der Waals surface area contributed by atoms with E-state index >= 15 is 0 Å². The van der Waals surface area contributed by atoms with Gasteiger partial charge in [-0.1, -0.05) is 11.8 Å². The molecule has 0 radical (unpaired) electrons. The molecule has 96 valence electrons. The van der Waals surface area contributed by atoms with Crippen LogP contribution in [-0.2, 0) is 9.59 Å². The minimum atomic E-state index is -0.208. The molecule has 8 heteroatoms. The Morgan fingerprint density at radius 1 is 1.44 bits per heavy atom. The second kappa shape index (κ2) is 5.41. The molecule has 0 unspecified atom stereocenters. The molecular weight excluding hydrogens is 338 g/mol. The van der Waals surface area contributed by atoms with Crippen LogP contribution < -0.4 is 5.32 Å². The van der Waals surface area contributed by atoms with Crippen molar-refractivity contribution < 1.29 is 9.59 Å². The van der Waals surface area contributed by atoms with E-state index in [0.717, 1.165) is 8.66 Å². The average Bonchev–Trinajstić information content (AvgIpc) is 2.83. The van der Waals surface area contributed by atoms with Crippen LogP contribution in [0, 0.1) is 0 Å². The van der Waals surface area contributed by atoms with E-state index in [1.54, 1.807) is 11.3 Å². The molecule has 2 heterocycles. The highest BCUT2D eigenvalue weighted by Crippen LogP contribution is 2.42. The van der Waals surface area contributed by atoms with E-state index in [1.165, 1.54) is 30.6 Å². The van der Waals surface area contributed by atoms with Gasteiger partial charge in [0.2, 0.25) is 11.8 Å². The van der Waals surface area contributed by atoms with E-state index < -0.39 is 0 Å². The number of rotatable bonds is 1. The zero-order valence-electron chi connectivity index (χ0n) is 9.64. The summed E-state index contributed by atoms with van der Waals surface area (Å²) in [7, 11) is 0. The molecule has 2 amide bonds. The molecule has 0 bridgehead atoms. The van der Waals surface area contributed by atoms with Gasteiger partial charge < -0.3 is 5.32 Å². The molecule has 2 rings (SSSR count). The van der Waals surface area contributed by atoms with Gasteiger partial charge in [0.05, 0.1) is 3.79 Å². The van der Waals surface area contributed by atoms with Crippen molar-refractivity contribution in [3.8, 4) is 0 Å². The number of hydrogen-bond acceptors (Lipinski definition) is 5. The lowest BCUT2D eigenvalue weighted by Gasteiger charge is -2.17. The van der Waals surface area contributed by atoms with E-state index in [0.29, 0.717) is 5.17 Å². The number of amides is 2. The number of thiophene rings is 1. The molecule has 1 aromatic heterocycles. The summed E-state index contributed by atoms with van der Waals surface area (Å²) in [6, 6.07) is 3.86. The van der Waals surface area contributed by atoms with Crippen LogP contribution in [0.4, 0.5) is 0 Å². The van der Waals surface area contributed by atoms with E-state index in [4.69, 9.17) is 0 Å². The summed E-state index contributed by atoms with van der Waals surface area (Å²) < 4.78 is 0.995. The monoisotopic (exact) mass is 347 g/mol. The molecule has 0 aliphatic carbocycles. The molecule has 18 heavy (non-hydrogen) atoms. The number of thioether (sulfide) groups is 1. The van der Waals surface area contributed by atoms with Crippen molar-refractivity contribution in [2.24, 2.45) is 5.10 Å². The Bertz CT molecular complexity index is 529. The van der Waals surface area contributed by atoms with Gasteiger partial charge in [0.15, 0.2) is 5.17 Å². The molecule has 5 nitrogen and oxygen atoms in total. The first-order valence-electron chi connectivity index (χ1n) is 5.05. The number of nitrogens with zero attached hydrogens (tertiary/aromatic N) is 2. The minimum Gasteiger partial charge on any atom is -0.304 e. The highest BCUT2D eigenvalue weighted by atomic mass is 79.9. The summed E-state index contributed by atoms with van der Waals surface area (Å²) >= 11 is 6.29. The third kappa shape index (κ3) is 2.93. The Kier molecular flexibility index (Phi) is 4.08. The maximum Gasteiger partial charge on any atom is 0.241 e. The van der Waals surface area contributed by atoms with Gasteiger partial charge in [0, 0.05) is 18.7 Å². The first-order chi connectivity index (χ1) is 8.47. The van der Waals surface area contributed by atoms with Crippen LogP contribution in [0.15, 0.2) is 21.0 Å². The summed E-state index contributed by atoms with van der Waals surface area (Å²) in [6.45, 7) is 2.87. The van der Waals surface area contributed by atoms with Crippen LogP contribution >= 0.6 is 39.0 Å². The summed E-state index contributed by atoms with van der Waals surface area (Å²) in [6.07, 6.45) is 0. The van der Waals surface area contributed by atoms with Crippen molar-refractivity contribution in [2.45, 2.75) is 19.2 Å². The fourth-order valence-electron chi connectivity index (χ4n) is 1.41. The molecule has 0 saturated heterocycles. The SMILES string of the molecule is CC(=O)NC1=NN(C(C)=O)[C@H](c2ccc(Br)s2)S1. The zero-order valence-corrected chi connectivity index (χ0v) is 12.9. The number of nitrogens with one attached hydrogen (secondary N) is 1. The van der Waals surface area contributed by atoms with Gasteiger partial charge >= 0.3 is 0 Å². The van der Waals surface area contributed by atoms with Gasteiger partial charge in [-0.3, -0.25) is 9.59 Å². The largest absolute Gasteiger partial charge is 0.304 e. The van der Waals surface area contributed by atoms with Crippen LogP contribution in [0.2, 0.25) is 0 Å². The molecule has 1 aromatic rings. The van der Waals surface area contributed by atoms with Crippen molar-refractivity contribution in [3.05, 3.63) is 20.8 Å². The Labute approximate surface area is 121 Å². The molecule has 0 spiro atoms. The standard InChI is InChI=1S/C10H10BrN3O2S2/c1-5(15)12-10-13-14(6(2)16)9(18-10)7-3-4-8(11)17-7/h3-4,9H,1-2H3,(H,12,13,15)/t9-/m0/s1. The van der Waals surface area contributed by atoms with Gasteiger partial charge in [-0.05, 0) is 28.1 Å². The molecule has 0 fully saturated rings. The number of hydrogen-bond donors (Lipinski definition) is 1. The second-order valence-corrected chi connectivity index (χ2v) is 7.13. The third-order valence-corrected chi connectivity index (χ3v) is 5.00. The molecular formula is C10H10BrN3O2S2. The predicted octanol–water partition coefficient (Wildman–Crippen LogP) is 2.51. The van der Waals surface area contributed by atoms with E-state index in [-0.39, 0.29) is 17.2 Å². The van der Waals surface area contributed by atoms with Gasteiger partial charge in [-0.25, -0.2) is 5.01 Å². The molecule has 0 saturated carbocycles. The van der Waals surface area contributed by atoms with Crippen molar-refractivity contribution >= 4 is 56.0 Å². The second-order valence-electron chi connectivity index (χ2n) is 3.56. The lowest BCUT2D eigenvalue weighted by molar-refractivity contribution is -0.129. The minimum absolute atomic E-state index is 0.155. The Morgan fingerprint density at radius 3 is 2.67 bits per heavy atom. The number of hydrazone groups is 1. The molecule has 1 atom stereocenters. The molecule has 1 aliphatic rings. The van der Waals surface area contributed by atoms with Gasteiger partial charge in [0.25, 0.3) is 0 Å². The topological polar surface area (TPSA) is 61.8 Å². The lowest BCUT2D eigenvalue weighted by Crippen LogP contribution is -2.25. The summed E-state index contributed by atoms with van der Waals surface area (Å²) in [5.74, 6) is -0.352. The number of halogens is 1. The first-order valence-corrected chi connectivity index (χ1v) is 7.54. The number of carbonyl (C=O) groups excluding carboxylic acids is 2. The van der Waals surface area contributed by atoms with Gasteiger partial charge in [0.1, 0.15) is 5.37 Å². The van der Waals surface area contributed by atoms with Crippen molar-refractivity contribution in [1.82, 2.24) is 10.3 Å². The predicted molar refractivity (Wildman–Crippen MR) is 76.1 cm³/mol. The van der Waals surface area contributed by atoms with Crippen molar-refractivity contribution in [3.63, 3.8) is 0 Å². The quantitative estimate of drug-likeness (QED) is 0.848. The number of carbonyl (C=O) groups is 2. The normalized spacial score (nSPS) is 18.7. The lowest BCUT2D eigenvalue weighted by atomic mass is 10.4. The first kappa shape index (κ1) is 13.6. The Hall–Kier alpha value is -0.860. The van der Waals surface area contributed by atoms with Crippen molar-refractivity contribution in [1.29, 1.82) is 0 Å². The van der Waals surface area contributed by atoms with Crippen LogP contribution in [0.25, 0.3) is 0 Å². The maximum absolute atomic E-state index is 11.6. The van der Waals surface area contributed by atoms with E-state index in [1.807, 2.05) is 12.1 Å². The van der Waals surface area contributed by atoms with Crippen LogP contribution in [0.3, 0.4) is 0 Å². The maximum atomic E-state index is 11.6. The van der Waals surface area contributed by atoms with E-state index in [9.17, 15) is 9.59 Å². The molecule has 0 aromatic carbocycles. The van der Waals surface area contributed by atoms with Crippen LogP contribution in [0.5, 0.6) is 0 Å². The highest BCUT2D eigenvalue weighted by Gasteiger charge is 2.33. The summed E-state index contributed by atoms with van der Waals surface area (Å²) in [5, 5.41) is 8.35. The highest BCUT2D eigenvalue weighted by molar-refractivity contribution is 9.11. The van der Waals surface area contributed by atoms with Crippen LogP contribution in [-0.4, -0.2) is 22.0 Å².